The number of phenols is 1. The molecule has 0 heterocycles. The average molecular weight is 378 g/mol. The van der Waals surface area contributed by atoms with Crippen LogP contribution in [0.25, 0.3) is 0 Å². The van der Waals surface area contributed by atoms with Gasteiger partial charge in [-0.2, -0.15) is 0 Å². The predicted octanol–water partition coefficient (Wildman–Crippen LogP) is 4.68. The predicted molar refractivity (Wildman–Crippen MR) is 101 cm³/mol. The molecule has 0 saturated heterocycles. The molecule has 0 aliphatic rings. The minimum absolute atomic E-state index is 0.00708. The number of rotatable bonds is 7. The first-order valence-electron chi connectivity index (χ1n) is 8.00. The van der Waals surface area contributed by atoms with Crippen LogP contribution in [0, 0.1) is 0 Å². The van der Waals surface area contributed by atoms with Crippen LogP contribution >= 0.6 is 11.6 Å². The van der Waals surface area contributed by atoms with Crippen molar-refractivity contribution in [1.82, 2.24) is 0 Å². The molecule has 0 spiro atoms. The zero-order chi connectivity index (χ0) is 19.3. The lowest BCUT2D eigenvalue weighted by atomic mass is 10.1. The second-order valence-electron chi connectivity index (χ2n) is 5.64. The third kappa shape index (κ3) is 4.67. The van der Waals surface area contributed by atoms with Gasteiger partial charge in [-0.3, -0.25) is 4.99 Å². The number of halogens is 1. The summed E-state index contributed by atoms with van der Waals surface area (Å²) in [6.07, 6.45) is 2.35. The molecule has 2 aromatic rings. The first-order valence-corrected chi connectivity index (χ1v) is 8.38. The van der Waals surface area contributed by atoms with Crippen LogP contribution in [0.15, 0.2) is 35.3 Å². The van der Waals surface area contributed by atoms with Crippen molar-refractivity contribution >= 4 is 29.5 Å². The molecule has 0 aliphatic heterocycles. The summed E-state index contributed by atoms with van der Waals surface area (Å²) < 4.78 is 11.1. The van der Waals surface area contributed by atoms with E-state index in [1.807, 2.05) is 13.8 Å². The van der Waals surface area contributed by atoms with Crippen molar-refractivity contribution in [3.63, 3.8) is 0 Å². The molecule has 0 amide bonds. The van der Waals surface area contributed by atoms with Crippen molar-refractivity contribution in [1.29, 1.82) is 0 Å². The maximum absolute atomic E-state index is 11.1. The van der Waals surface area contributed by atoms with Crippen molar-refractivity contribution in [2.45, 2.75) is 26.4 Å². The van der Waals surface area contributed by atoms with Crippen LogP contribution in [-0.4, -0.2) is 35.6 Å². The van der Waals surface area contributed by atoms with Crippen LogP contribution in [0.5, 0.6) is 17.2 Å². The van der Waals surface area contributed by atoms with Gasteiger partial charge in [-0.15, -0.1) is 0 Å². The SMILES string of the molecule is CC[C@H](C)Oc1c(Cl)cc(C=Nc2ccc(O)c(C(=O)O)c2)cc1OC. The Morgan fingerprint density at radius 3 is 2.69 bits per heavy atom. The molecule has 26 heavy (non-hydrogen) atoms. The Bertz CT molecular complexity index is 835. The summed E-state index contributed by atoms with van der Waals surface area (Å²) in [6, 6.07) is 7.49. The standard InChI is InChI=1S/C19H20ClNO5/c1-4-11(2)26-18-15(20)7-12(8-17(18)25-3)10-21-13-5-6-16(22)14(9-13)19(23)24/h5-11,22H,4H2,1-3H3,(H,23,24)/t11-/m0/s1. The third-order valence-corrected chi connectivity index (χ3v) is 4.00. The molecule has 2 rings (SSSR count). The van der Waals surface area contributed by atoms with Gasteiger partial charge in [-0.25, -0.2) is 4.79 Å². The number of carboxylic acid groups (broad SMARTS) is 1. The lowest BCUT2D eigenvalue weighted by Gasteiger charge is -2.17. The zero-order valence-electron chi connectivity index (χ0n) is 14.7. The highest BCUT2D eigenvalue weighted by Gasteiger charge is 2.14. The van der Waals surface area contributed by atoms with E-state index in [0.717, 1.165) is 6.42 Å². The molecule has 0 fully saturated rings. The van der Waals surface area contributed by atoms with Crippen LogP contribution in [-0.2, 0) is 0 Å². The molecule has 0 aromatic heterocycles. The van der Waals surface area contributed by atoms with Gasteiger partial charge < -0.3 is 19.7 Å². The van der Waals surface area contributed by atoms with Gasteiger partial charge in [-0.05, 0) is 49.2 Å². The Morgan fingerprint density at radius 2 is 2.08 bits per heavy atom. The van der Waals surface area contributed by atoms with Gasteiger partial charge in [0.2, 0.25) is 0 Å². The summed E-state index contributed by atoms with van der Waals surface area (Å²) >= 11 is 6.31. The molecule has 0 unspecified atom stereocenters. The fourth-order valence-corrected chi connectivity index (χ4v) is 2.40. The monoisotopic (exact) mass is 377 g/mol. The third-order valence-electron chi connectivity index (χ3n) is 3.72. The van der Waals surface area contributed by atoms with E-state index in [1.165, 1.54) is 31.5 Å². The second-order valence-corrected chi connectivity index (χ2v) is 6.04. The topological polar surface area (TPSA) is 88.4 Å². The number of hydrogen-bond acceptors (Lipinski definition) is 5. The van der Waals surface area contributed by atoms with Crippen LogP contribution in [0.2, 0.25) is 5.02 Å². The number of ether oxygens (including phenoxy) is 2. The van der Waals surface area contributed by atoms with Gasteiger partial charge in [0.1, 0.15) is 11.3 Å². The smallest absolute Gasteiger partial charge is 0.339 e. The minimum Gasteiger partial charge on any atom is -0.507 e. The summed E-state index contributed by atoms with van der Waals surface area (Å²) in [5.41, 5.74) is 0.830. The van der Waals surface area contributed by atoms with Gasteiger partial charge in [0.15, 0.2) is 11.5 Å². The maximum atomic E-state index is 11.1. The van der Waals surface area contributed by atoms with Gasteiger partial charge >= 0.3 is 5.97 Å². The van der Waals surface area contributed by atoms with Gasteiger partial charge in [0.05, 0.1) is 23.9 Å². The number of aliphatic imine (C=N–C) groups is 1. The fourth-order valence-electron chi connectivity index (χ4n) is 2.14. The van der Waals surface area contributed by atoms with E-state index in [1.54, 1.807) is 12.1 Å². The number of hydrogen-bond donors (Lipinski definition) is 2. The molecular formula is C19H20ClNO5. The number of carbonyl (C=O) groups is 1. The molecule has 7 heteroatoms. The van der Waals surface area contributed by atoms with E-state index in [0.29, 0.717) is 27.8 Å². The molecule has 0 bridgehead atoms. The van der Waals surface area contributed by atoms with E-state index in [4.69, 9.17) is 26.2 Å². The summed E-state index contributed by atoms with van der Waals surface area (Å²) in [4.78, 5) is 15.3. The number of benzene rings is 2. The second kappa shape index (κ2) is 8.58. The highest BCUT2D eigenvalue weighted by molar-refractivity contribution is 6.32. The Hall–Kier alpha value is -2.73. The molecular weight excluding hydrogens is 358 g/mol. The van der Waals surface area contributed by atoms with E-state index in [-0.39, 0.29) is 17.4 Å². The van der Waals surface area contributed by atoms with Crippen molar-refractivity contribution in [3.05, 3.63) is 46.5 Å². The van der Waals surface area contributed by atoms with E-state index in [2.05, 4.69) is 4.99 Å². The van der Waals surface area contributed by atoms with Crippen LogP contribution in [0.4, 0.5) is 5.69 Å². The highest BCUT2D eigenvalue weighted by atomic mass is 35.5. The first kappa shape index (κ1) is 19.6. The Balaban J connectivity index is 2.32. The Morgan fingerprint density at radius 1 is 1.35 bits per heavy atom. The Kier molecular flexibility index (Phi) is 6.46. The minimum atomic E-state index is -1.23. The zero-order valence-corrected chi connectivity index (χ0v) is 15.4. The number of aromatic hydroxyl groups is 1. The number of methoxy groups -OCH3 is 1. The molecule has 2 N–H and O–H groups in total. The molecule has 0 aliphatic carbocycles. The van der Waals surface area contributed by atoms with Crippen LogP contribution in [0.3, 0.4) is 0 Å². The largest absolute Gasteiger partial charge is 0.507 e. The summed E-state index contributed by atoms with van der Waals surface area (Å²) in [5, 5.41) is 19.0. The van der Waals surface area contributed by atoms with Crippen molar-refractivity contribution in [2.24, 2.45) is 4.99 Å². The average Bonchev–Trinajstić information content (AvgIpc) is 2.62. The van der Waals surface area contributed by atoms with E-state index < -0.39 is 5.97 Å². The highest BCUT2D eigenvalue weighted by Crippen LogP contribution is 2.37. The molecule has 0 radical (unpaired) electrons. The maximum Gasteiger partial charge on any atom is 0.339 e. The number of aromatic carboxylic acids is 1. The number of carboxylic acids is 1. The molecule has 1 atom stereocenters. The fraction of sp³-hybridized carbons (Fsp3) is 0.263. The summed E-state index contributed by atoms with van der Waals surface area (Å²) in [5.74, 6) is -0.585. The molecule has 2 aromatic carbocycles. The van der Waals surface area contributed by atoms with Gasteiger partial charge in [0.25, 0.3) is 0 Å². The molecule has 0 saturated carbocycles. The first-order chi connectivity index (χ1) is 12.3. The van der Waals surface area contributed by atoms with Crippen molar-refractivity contribution < 1.29 is 24.5 Å². The van der Waals surface area contributed by atoms with Crippen molar-refractivity contribution in [2.75, 3.05) is 7.11 Å². The lowest BCUT2D eigenvalue weighted by Crippen LogP contribution is -2.11. The lowest BCUT2D eigenvalue weighted by molar-refractivity contribution is 0.0693. The normalized spacial score (nSPS) is 12.2. The number of nitrogens with zero attached hydrogens (tertiary/aromatic N) is 1. The van der Waals surface area contributed by atoms with Crippen LogP contribution in [0.1, 0.15) is 36.2 Å². The molecule has 138 valence electrons. The van der Waals surface area contributed by atoms with Gasteiger partial charge in [-0.1, -0.05) is 18.5 Å². The van der Waals surface area contributed by atoms with Gasteiger partial charge in [0, 0.05) is 6.21 Å². The molecule has 6 nitrogen and oxygen atoms in total. The van der Waals surface area contributed by atoms with Crippen LogP contribution < -0.4 is 9.47 Å². The summed E-state index contributed by atoms with van der Waals surface area (Å²) in [6.45, 7) is 3.95. The van der Waals surface area contributed by atoms with E-state index in [9.17, 15) is 9.90 Å². The summed E-state index contributed by atoms with van der Waals surface area (Å²) in [7, 11) is 1.52. The van der Waals surface area contributed by atoms with Crippen molar-refractivity contribution in [3.8, 4) is 17.2 Å². The Labute approximate surface area is 156 Å². The quantitative estimate of drug-likeness (QED) is 0.684. The van der Waals surface area contributed by atoms with E-state index >= 15 is 0 Å².